The van der Waals surface area contributed by atoms with Gasteiger partial charge in [-0.15, -0.1) is 0 Å². The summed E-state index contributed by atoms with van der Waals surface area (Å²) in [5.74, 6) is 0.653. The summed E-state index contributed by atoms with van der Waals surface area (Å²) in [5, 5.41) is 0. The highest BCUT2D eigenvalue weighted by Crippen LogP contribution is 2.54. The second kappa shape index (κ2) is 10.5. The maximum atomic E-state index is 13.0. The molecule has 2 saturated heterocycles. The normalized spacial score (nSPS) is 23.0. The van der Waals surface area contributed by atoms with Crippen molar-refractivity contribution < 1.29 is 22.7 Å². The van der Waals surface area contributed by atoms with E-state index in [-0.39, 0.29) is 28.6 Å². The SMILES string of the molecule is CC1(C)C[C@@H]1C(=O)N1CC2(CN(Cc3cnccn3)C[C@H]2COCc2cccc(-c3ccc(C(F)(F)F)cc3)n2)C1. The fourth-order valence-corrected chi connectivity index (χ4v) is 6.33. The third-order valence-corrected chi connectivity index (χ3v) is 8.90. The number of alkyl halides is 3. The predicted octanol–water partition coefficient (Wildman–Crippen LogP) is 5.08. The summed E-state index contributed by atoms with van der Waals surface area (Å²) in [6, 6.07) is 10.5. The number of nitrogens with zero attached hydrogens (tertiary/aromatic N) is 5. The molecule has 2 aliphatic heterocycles. The molecule has 3 fully saturated rings. The average molecular weight is 566 g/mol. The van der Waals surface area contributed by atoms with Gasteiger partial charge in [-0.1, -0.05) is 32.0 Å². The van der Waals surface area contributed by atoms with Crippen LogP contribution in [0.15, 0.2) is 61.1 Å². The van der Waals surface area contributed by atoms with Gasteiger partial charge in [-0.3, -0.25) is 24.6 Å². The van der Waals surface area contributed by atoms with E-state index in [1.807, 2.05) is 17.0 Å². The molecule has 1 amide bonds. The Kier molecular flexibility index (Phi) is 7.10. The van der Waals surface area contributed by atoms with E-state index in [0.717, 1.165) is 50.4 Å². The molecule has 6 rings (SSSR count). The molecule has 3 aliphatic rings. The monoisotopic (exact) mass is 565 g/mol. The van der Waals surface area contributed by atoms with Gasteiger partial charge in [-0.05, 0) is 36.1 Å². The molecule has 2 atom stereocenters. The second-order valence-corrected chi connectivity index (χ2v) is 12.5. The Hall–Kier alpha value is -3.37. The minimum Gasteiger partial charge on any atom is -0.375 e. The lowest BCUT2D eigenvalue weighted by Crippen LogP contribution is -2.63. The molecule has 0 radical (unpaired) electrons. The summed E-state index contributed by atoms with van der Waals surface area (Å²) < 4.78 is 45.0. The van der Waals surface area contributed by atoms with Crippen molar-refractivity contribution in [1.82, 2.24) is 24.8 Å². The predicted molar refractivity (Wildman–Crippen MR) is 146 cm³/mol. The van der Waals surface area contributed by atoms with Gasteiger partial charge < -0.3 is 9.64 Å². The number of aromatic nitrogens is 3. The highest BCUT2D eigenvalue weighted by Gasteiger charge is 2.59. The standard InChI is InChI=1S/C31H34F3N5O2/c1-29(2)12-26(29)28(40)39-19-30(20-39)18-38(15-25-13-35-10-11-36-25)14-23(30)16-41-17-24-4-3-5-27(37-24)21-6-8-22(9-7-21)31(32,33)34/h3-11,13,23,26H,12,14-20H2,1-2H3/t23-,26+/m0/s1. The van der Waals surface area contributed by atoms with Crippen molar-refractivity contribution in [3.63, 3.8) is 0 Å². The first-order chi connectivity index (χ1) is 19.5. The first kappa shape index (κ1) is 27.8. The molecule has 7 nitrogen and oxygen atoms in total. The number of benzene rings is 1. The van der Waals surface area contributed by atoms with Crippen LogP contribution in [-0.2, 0) is 28.9 Å². The minimum absolute atomic E-state index is 0.0214. The first-order valence-electron chi connectivity index (χ1n) is 14.0. The van der Waals surface area contributed by atoms with Crippen molar-refractivity contribution in [2.75, 3.05) is 32.8 Å². The van der Waals surface area contributed by atoms with E-state index in [4.69, 9.17) is 4.74 Å². The summed E-state index contributed by atoms with van der Waals surface area (Å²) in [6.07, 6.45) is 1.75. The maximum Gasteiger partial charge on any atom is 0.416 e. The van der Waals surface area contributed by atoms with E-state index in [1.54, 1.807) is 24.7 Å². The smallest absolute Gasteiger partial charge is 0.375 e. The largest absolute Gasteiger partial charge is 0.416 e. The fourth-order valence-electron chi connectivity index (χ4n) is 6.33. The zero-order valence-electron chi connectivity index (χ0n) is 23.3. The summed E-state index contributed by atoms with van der Waals surface area (Å²) in [4.78, 5) is 30.7. The van der Waals surface area contributed by atoms with E-state index >= 15 is 0 Å². The number of ether oxygens (including phenoxy) is 1. The lowest BCUT2D eigenvalue weighted by Gasteiger charge is -2.51. The first-order valence-corrected chi connectivity index (χ1v) is 14.0. The molecule has 4 heterocycles. The topological polar surface area (TPSA) is 71.5 Å². The van der Waals surface area contributed by atoms with E-state index in [2.05, 4.69) is 33.7 Å². The van der Waals surface area contributed by atoms with Crippen LogP contribution in [0.1, 0.15) is 37.2 Å². The third kappa shape index (κ3) is 5.85. The van der Waals surface area contributed by atoms with E-state index in [9.17, 15) is 18.0 Å². The lowest BCUT2D eigenvalue weighted by atomic mass is 9.71. The van der Waals surface area contributed by atoms with Gasteiger partial charge in [-0.2, -0.15) is 13.2 Å². The molecule has 216 valence electrons. The molecule has 0 unspecified atom stereocenters. The summed E-state index contributed by atoms with van der Waals surface area (Å²) >= 11 is 0. The van der Waals surface area contributed by atoms with Crippen LogP contribution in [0, 0.1) is 22.7 Å². The number of likely N-dealkylation sites (tertiary alicyclic amines) is 2. The minimum atomic E-state index is -4.37. The van der Waals surface area contributed by atoms with Crippen LogP contribution < -0.4 is 0 Å². The van der Waals surface area contributed by atoms with Gasteiger partial charge in [0.05, 0.1) is 35.9 Å². The second-order valence-electron chi connectivity index (χ2n) is 12.5. The van der Waals surface area contributed by atoms with Gasteiger partial charge >= 0.3 is 6.18 Å². The van der Waals surface area contributed by atoms with Crippen LogP contribution in [0.3, 0.4) is 0 Å². The molecule has 1 aliphatic carbocycles. The Morgan fingerprint density at radius 3 is 2.46 bits per heavy atom. The Labute approximate surface area is 237 Å². The number of hydrogen-bond donors (Lipinski definition) is 0. The van der Waals surface area contributed by atoms with Crippen LogP contribution >= 0.6 is 0 Å². The van der Waals surface area contributed by atoms with Gasteiger partial charge in [0.15, 0.2) is 0 Å². The van der Waals surface area contributed by atoms with Crippen LogP contribution in [0.5, 0.6) is 0 Å². The highest BCUT2D eigenvalue weighted by atomic mass is 19.4. The quantitative estimate of drug-likeness (QED) is 0.380. The number of rotatable bonds is 8. The Balaban J connectivity index is 1.10. The third-order valence-electron chi connectivity index (χ3n) is 8.90. The fraction of sp³-hybridized carbons (Fsp3) is 0.484. The van der Waals surface area contributed by atoms with Gasteiger partial charge in [0.25, 0.3) is 0 Å². The molecule has 0 N–H and O–H groups in total. The van der Waals surface area contributed by atoms with Crippen LogP contribution in [0.2, 0.25) is 0 Å². The van der Waals surface area contributed by atoms with Gasteiger partial charge in [0.1, 0.15) is 0 Å². The molecule has 10 heteroatoms. The number of amides is 1. The molecule has 1 spiro atoms. The number of pyridine rings is 1. The van der Waals surface area contributed by atoms with E-state index < -0.39 is 11.7 Å². The highest BCUT2D eigenvalue weighted by molar-refractivity contribution is 5.83. The van der Waals surface area contributed by atoms with Crippen molar-refractivity contribution in [3.05, 3.63) is 78.0 Å². The summed E-state index contributed by atoms with van der Waals surface area (Å²) in [5.41, 5.74) is 2.25. The maximum absolute atomic E-state index is 13.0. The molecule has 1 saturated carbocycles. The van der Waals surface area contributed by atoms with Gasteiger partial charge in [0, 0.05) is 74.1 Å². The average Bonchev–Trinajstić information content (AvgIpc) is 3.42. The van der Waals surface area contributed by atoms with Crippen LogP contribution in [-0.4, -0.2) is 63.4 Å². The molecule has 2 aromatic heterocycles. The Morgan fingerprint density at radius 2 is 1.80 bits per heavy atom. The molecule has 3 aromatic rings. The zero-order chi connectivity index (χ0) is 28.8. The van der Waals surface area contributed by atoms with Gasteiger partial charge in [-0.25, -0.2) is 0 Å². The Morgan fingerprint density at radius 1 is 1.05 bits per heavy atom. The van der Waals surface area contributed by atoms with Crippen LogP contribution in [0.4, 0.5) is 13.2 Å². The van der Waals surface area contributed by atoms with Gasteiger partial charge in [0.2, 0.25) is 5.91 Å². The lowest BCUT2D eigenvalue weighted by molar-refractivity contribution is -0.149. The van der Waals surface area contributed by atoms with Crippen molar-refractivity contribution in [2.45, 2.75) is 39.6 Å². The zero-order valence-corrected chi connectivity index (χ0v) is 23.3. The summed E-state index contributed by atoms with van der Waals surface area (Å²) in [6.45, 7) is 9.03. The van der Waals surface area contributed by atoms with Crippen molar-refractivity contribution in [3.8, 4) is 11.3 Å². The molecule has 41 heavy (non-hydrogen) atoms. The van der Waals surface area contributed by atoms with Crippen molar-refractivity contribution >= 4 is 5.91 Å². The molecule has 0 bridgehead atoms. The van der Waals surface area contributed by atoms with E-state index in [0.29, 0.717) is 36.7 Å². The molecular weight excluding hydrogens is 531 g/mol. The van der Waals surface area contributed by atoms with Crippen molar-refractivity contribution in [1.29, 1.82) is 0 Å². The van der Waals surface area contributed by atoms with Crippen molar-refractivity contribution in [2.24, 2.45) is 22.7 Å². The number of carbonyl (C=O) groups excluding carboxylic acids is 1. The summed E-state index contributed by atoms with van der Waals surface area (Å²) in [7, 11) is 0. The van der Waals surface area contributed by atoms with Crippen LogP contribution in [0.25, 0.3) is 11.3 Å². The molecule has 1 aromatic carbocycles. The Bertz CT molecular complexity index is 1390. The number of halogens is 3. The number of carbonyl (C=O) groups is 1. The number of hydrogen-bond acceptors (Lipinski definition) is 6. The van der Waals surface area contributed by atoms with E-state index in [1.165, 1.54) is 12.1 Å². The molecular formula is C31H34F3N5O2.